The minimum Gasteiger partial charge on any atom is -0.300 e. The lowest BCUT2D eigenvalue weighted by Crippen LogP contribution is -2.25. The number of Topliss-reactive ketones (excluding diaryl/α,β-unsaturated/α-hetero) is 1. The third-order valence-corrected chi connectivity index (χ3v) is 4.49. The van der Waals surface area contributed by atoms with Crippen molar-refractivity contribution in [3.63, 3.8) is 0 Å². The predicted octanol–water partition coefficient (Wildman–Crippen LogP) is 5.67. The third-order valence-electron chi connectivity index (χ3n) is 4.49. The van der Waals surface area contributed by atoms with Crippen LogP contribution in [0.1, 0.15) is 97.3 Å². The highest BCUT2D eigenvalue weighted by Crippen LogP contribution is 2.38. The second-order valence-electron chi connectivity index (χ2n) is 6.60. The Morgan fingerprint density at radius 2 is 1.61 bits per heavy atom. The van der Waals surface area contributed by atoms with Crippen LogP contribution in [0, 0.1) is 5.41 Å². The van der Waals surface area contributed by atoms with Gasteiger partial charge in [-0.05, 0) is 24.7 Å². The molecule has 1 heteroatoms. The lowest BCUT2D eigenvalue weighted by atomic mass is 9.72. The van der Waals surface area contributed by atoms with Crippen LogP contribution in [0.4, 0.5) is 0 Å². The zero-order valence-electron chi connectivity index (χ0n) is 12.6. The highest BCUT2D eigenvalue weighted by Gasteiger charge is 2.30. The van der Waals surface area contributed by atoms with Crippen molar-refractivity contribution in [2.45, 2.75) is 97.3 Å². The molecule has 106 valence electrons. The van der Waals surface area contributed by atoms with E-state index in [2.05, 4.69) is 13.8 Å². The van der Waals surface area contributed by atoms with Crippen molar-refractivity contribution >= 4 is 5.78 Å². The Labute approximate surface area is 114 Å². The van der Waals surface area contributed by atoms with E-state index in [4.69, 9.17) is 0 Å². The summed E-state index contributed by atoms with van der Waals surface area (Å²) in [5.74, 6) is 0.503. The predicted molar refractivity (Wildman–Crippen MR) is 78.8 cm³/mol. The van der Waals surface area contributed by atoms with Gasteiger partial charge in [0.05, 0.1) is 0 Å². The standard InChI is InChI=1S/C17H32O/c1-3-4-5-6-7-8-9-10-13-17(2)14-11-12-16(18)15-17/h3-15H2,1-2H3/t17-/m0/s1. The fourth-order valence-corrected chi connectivity index (χ4v) is 3.26. The van der Waals surface area contributed by atoms with Gasteiger partial charge in [0.2, 0.25) is 0 Å². The van der Waals surface area contributed by atoms with Crippen molar-refractivity contribution in [2.75, 3.05) is 0 Å². The van der Waals surface area contributed by atoms with E-state index in [1.165, 1.54) is 64.2 Å². The first kappa shape index (κ1) is 15.7. The molecule has 0 aromatic carbocycles. The van der Waals surface area contributed by atoms with Crippen LogP contribution in [0.3, 0.4) is 0 Å². The summed E-state index contributed by atoms with van der Waals surface area (Å²) in [6, 6.07) is 0. The van der Waals surface area contributed by atoms with Crippen molar-refractivity contribution in [1.29, 1.82) is 0 Å². The van der Waals surface area contributed by atoms with Crippen LogP contribution in [0.2, 0.25) is 0 Å². The minimum absolute atomic E-state index is 0.345. The second kappa shape index (κ2) is 8.72. The summed E-state index contributed by atoms with van der Waals surface area (Å²) < 4.78 is 0. The molecule has 1 saturated carbocycles. The summed E-state index contributed by atoms with van der Waals surface area (Å²) >= 11 is 0. The molecular weight excluding hydrogens is 220 g/mol. The quantitative estimate of drug-likeness (QED) is 0.483. The number of hydrogen-bond donors (Lipinski definition) is 0. The molecule has 0 aromatic rings. The molecule has 1 fully saturated rings. The Balaban J connectivity index is 1.98. The van der Waals surface area contributed by atoms with Gasteiger partial charge in [-0.2, -0.15) is 0 Å². The molecule has 0 unspecified atom stereocenters. The van der Waals surface area contributed by atoms with Gasteiger partial charge < -0.3 is 0 Å². The van der Waals surface area contributed by atoms with E-state index in [0.717, 1.165) is 19.3 Å². The van der Waals surface area contributed by atoms with Gasteiger partial charge in [0, 0.05) is 12.8 Å². The Morgan fingerprint density at radius 1 is 1.00 bits per heavy atom. The number of hydrogen-bond acceptors (Lipinski definition) is 1. The van der Waals surface area contributed by atoms with Gasteiger partial charge in [0.15, 0.2) is 0 Å². The number of unbranched alkanes of at least 4 members (excludes halogenated alkanes) is 7. The fourth-order valence-electron chi connectivity index (χ4n) is 3.26. The van der Waals surface area contributed by atoms with E-state index in [9.17, 15) is 4.79 Å². The highest BCUT2D eigenvalue weighted by molar-refractivity contribution is 5.79. The van der Waals surface area contributed by atoms with Crippen molar-refractivity contribution < 1.29 is 4.79 Å². The van der Waals surface area contributed by atoms with E-state index in [0.29, 0.717) is 11.2 Å². The SMILES string of the molecule is CCCCCCCCCC[C@@]1(C)CCCC(=O)C1. The van der Waals surface area contributed by atoms with Gasteiger partial charge in [0.1, 0.15) is 5.78 Å². The maximum atomic E-state index is 11.5. The first-order valence-electron chi connectivity index (χ1n) is 8.18. The number of carbonyl (C=O) groups excluding carboxylic acids is 1. The Bertz CT molecular complexity index is 234. The van der Waals surface area contributed by atoms with E-state index < -0.39 is 0 Å². The van der Waals surface area contributed by atoms with Gasteiger partial charge in [-0.3, -0.25) is 4.79 Å². The van der Waals surface area contributed by atoms with Gasteiger partial charge in [-0.15, -0.1) is 0 Å². The molecule has 0 bridgehead atoms. The van der Waals surface area contributed by atoms with E-state index in [1.807, 2.05) is 0 Å². The molecule has 0 aliphatic heterocycles. The number of rotatable bonds is 9. The molecule has 1 aliphatic rings. The molecule has 18 heavy (non-hydrogen) atoms. The van der Waals surface area contributed by atoms with Gasteiger partial charge in [-0.25, -0.2) is 0 Å². The van der Waals surface area contributed by atoms with Crippen LogP contribution in [0.15, 0.2) is 0 Å². The first-order chi connectivity index (χ1) is 8.66. The summed E-state index contributed by atoms with van der Waals surface area (Å²) in [7, 11) is 0. The topological polar surface area (TPSA) is 17.1 Å². The van der Waals surface area contributed by atoms with Crippen LogP contribution in [0.5, 0.6) is 0 Å². The molecule has 1 aliphatic carbocycles. The van der Waals surface area contributed by atoms with Gasteiger partial charge in [0.25, 0.3) is 0 Å². The number of carbonyl (C=O) groups is 1. The van der Waals surface area contributed by atoms with Crippen molar-refractivity contribution in [2.24, 2.45) is 5.41 Å². The summed E-state index contributed by atoms with van der Waals surface area (Å²) in [4.78, 5) is 11.5. The average Bonchev–Trinajstić information content (AvgIpc) is 2.32. The summed E-state index contributed by atoms with van der Waals surface area (Å²) in [5.41, 5.74) is 0.345. The van der Waals surface area contributed by atoms with Crippen LogP contribution in [-0.4, -0.2) is 5.78 Å². The molecule has 0 aromatic heterocycles. The van der Waals surface area contributed by atoms with Crippen LogP contribution >= 0.6 is 0 Å². The van der Waals surface area contributed by atoms with E-state index in [-0.39, 0.29) is 0 Å². The fraction of sp³-hybridized carbons (Fsp3) is 0.941. The van der Waals surface area contributed by atoms with Crippen LogP contribution in [-0.2, 0) is 4.79 Å². The van der Waals surface area contributed by atoms with Crippen molar-refractivity contribution in [3.8, 4) is 0 Å². The maximum absolute atomic E-state index is 11.5. The third kappa shape index (κ3) is 6.56. The summed E-state index contributed by atoms with van der Waals surface area (Å²) in [6.45, 7) is 4.59. The molecular formula is C17H32O. The molecule has 0 radical (unpaired) electrons. The lowest BCUT2D eigenvalue weighted by Gasteiger charge is -2.32. The second-order valence-corrected chi connectivity index (χ2v) is 6.60. The Morgan fingerprint density at radius 3 is 2.22 bits per heavy atom. The summed E-state index contributed by atoms with van der Waals surface area (Å²) in [5, 5.41) is 0. The summed E-state index contributed by atoms with van der Waals surface area (Å²) in [6.07, 6.45) is 16.5. The van der Waals surface area contributed by atoms with Crippen LogP contribution < -0.4 is 0 Å². The smallest absolute Gasteiger partial charge is 0.133 e. The largest absolute Gasteiger partial charge is 0.300 e. The van der Waals surface area contributed by atoms with E-state index in [1.54, 1.807) is 0 Å². The van der Waals surface area contributed by atoms with Crippen molar-refractivity contribution in [3.05, 3.63) is 0 Å². The van der Waals surface area contributed by atoms with Crippen molar-refractivity contribution in [1.82, 2.24) is 0 Å². The lowest BCUT2D eigenvalue weighted by molar-refractivity contribution is -0.123. The molecule has 0 amide bonds. The van der Waals surface area contributed by atoms with Gasteiger partial charge in [-0.1, -0.05) is 65.2 Å². The zero-order valence-corrected chi connectivity index (χ0v) is 12.6. The molecule has 1 atom stereocenters. The normalized spacial score (nSPS) is 24.4. The maximum Gasteiger partial charge on any atom is 0.133 e. The number of ketones is 1. The Hall–Kier alpha value is -0.330. The van der Waals surface area contributed by atoms with Gasteiger partial charge >= 0.3 is 0 Å². The molecule has 0 heterocycles. The van der Waals surface area contributed by atoms with Crippen LogP contribution in [0.25, 0.3) is 0 Å². The molecule has 1 nitrogen and oxygen atoms in total. The molecule has 0 saturated heterocycles. The zero-order chi connectivity index (χ0) is 13.3. The molecule has 0 N–H and O–H groups in total. The first-order valence-corrected chi connectivity index (χ1v) is 8.18. The Kier molecular flexibility index (Phi) is 7.62. The average molecular weight is 252 g/mol. The van der Waals surface area contributed by atoms with E-state index >= 15 is 0 Å². The molecule has 1 rings (SSSR count). The monoisotopic (exact) mass is 252 g/mol. The highest BCUT2D eigenvalue weighted by atomic mass is 16.1. The minimum atomic E-state index is 0.345. The molecule has 0 spiro atoms.